The Bertz CT molecular complexity index is 447. The van der Waals surface area contributed by atoms with E-state index in [1.807, 2.05) is 6.92 Å². The van der Waals surface area contributed by atoms with Crippen LogP contribution in [0.15, 0.2) is 4.99 Å². The third-order valence-corrected chi connectivity index (χ3v) is 5.18. The van der Waals surface area contributed by atoms with Crippen molar-refractivity contribution in [3.05, 3.63) is 0 Å². The van der Waals surface area contributed by atoms with Crippen molar-refractivity contribution in [1.29, 1.82) is 0 Å². The van der Waals surface area contributed by atoms with E-state index < -0.39 is 5.60 Å². The van der Waals surface area contributed by atoms with Crippen molar-refractivity contribution in [2.75, 3.05) is 79.3 Å². The first-order valence-electron chi connectivity index (χ1n) is 10.3. The van der Waals surface area contributed by atoms with Gasteiger partial charge >= 0.3 is 0 Å². The van der Waals surface area contributed by atoms with Gasteiger partial charge in [-0.3, -0.25) is 14.8 Å². The monoisotopic (exact) mass is 513 g/mol. The number of β-amino-alcohol motifs (C(OH)–C–C–N with tert-alkyl or cyclic N) is 1. The van der Waals surface area contributed by atoms with Gasteiger partial charge in [0.25, 0.3) is 0 Å². The minimum Gasteiger partial charge on any atom is -0.387 e. The Balaban J connectivity index is 0.00000392. The summed E-state index contributed by atoms with van der Waals surface area (Å²) in [7, 11) is 1.75. The molecule has 2 fully saturated rings. The summed E-state index contributed by atoms with van der Waals surface area (Å²) >= 11 is 0. The molecule has 2 heterocycles. The van der Waals surface area contributed by atoms with E-state index >= 15 is 0 Å². The predicted molar refractivity (Wildman–Crippen MR) is 124 cm³/mol. The zero-order chi connectivity index (χ0) is 19.5. The molecule has 28 heavy (non-hydrogen) atoms. The van der Waals surface area contributed by atoms with Crippen molar-refractivity contribution in [2.45, 2.75) is 38.3 Å². The normalized spacial score (nSPS) is 23.9. The fourth-order valence-electron chi connectivity index (χ4n) is 3.73. The molecule has 2 aliphatic rings. The summed E-state index contributed by atoms with van der Waals surface area (Å²) in [6.45, 7) is 12.7. The summed E-state index contributed by atoms with van der Waals surface area (Å²) in [6.07, 6.45) is 2.43. The third-order valence-electron chi connectivity index (χ3n) is 5.18. The number of hydrogen-bond donors (Lipinski definition) is 3. The van der Waals surface area contributed by atoms with Crippen LogP contribution in [-0.4, -0.2) is 112 Å². The first-order valence-corrected chi connectivity index (χ1v) is 10.3. The summed E-state index contributed by atoms with van der Waals surface area (Å²) in [5, 5.41) is 17.5. The Hall–Kier alpha value is -0.200. The molecule has 0 saturated carbocycles. The SMILES string of the molecule is CCNC(=NCC(C)(O)CN1CCOCC1)NCC1CCCN1CCOC.I. The van der Waals surface area contributed by atoms with E-state index in [0.717, 1.165) is 65.0 Å². The van der Waals surface area contributed by atoms with Crippen LogP contribution in [0.3, 0.4) is 0 Å². The lowest BCUT2D eigenvalue weighted by molar-refractivity contribution is -0.0180. The van der Waals surface area contributed by atoms with E-state index in [9.17, 15) is 5.11 Å². The molecule has 0 aromatic heterocycles. The van der Waals surface area contributed by atoms with Crippen LogP contribution in [0.1, 0.15) is 26.7 Å². The van der Waals surface area contributed by atoms with Gasteiger partial charge in [-0.15, -0.1) is 24.0 Å². The first kappa shape index (κ1) is 25.8. The van der Waals surface area contributed by atoms with Crippen LogP contribution in [0.4, 0.5) is 0 Å². The smallest absolute Gasteiger partial charge is 0.191 e. The van der Waals surface area contributed by atoms with E-state index in [4.69, 9.17) is 9.47 Å². The second kappa shape index (κ2) is 13.9. The van der Waals surface area contributed by atoms with Crippen LogP contribution in [0.2, 0.25) is 0 Å². The van der Waals surface area contributed by atoms with Crippen molar-refractivity contribution in [1.82, 2.24) is 20.4 Å². The van der Waals surface area contributed by atoms with Crippen LogP contribution in [0, 0.1) is 0 Å². The molecule has 0 amide bonds. The van der Waals surface area contributed by atoms with Gasteiger partial charge in [0.05, 0.1) is 32.0 Å². The fraction of sp³-hybridized carbons (Fsp3) is 0.947. The highest BCUT2D eigenvalue weighted by Crippen LogP contribution is 2.16. The highest BCUT2D eigenvalue weighted by atomic mass is 127. The number of guanidine groups is 1. The van der Waals surface area contributed by atoms with Crippen molar-refractivity contribution in [2.24, 2.45) is 4.99 Å². The summed E-state index contributed by atoms with van der Waals surface area (Å²) in [5.74, 6) is 0.776. The Morgan fingerprint density at radius 3 is 2.71 bits per heavy atom. The van der Waals surface area contributed by atoms with Crippen molar-refractivity contribution in [3.8, 4) is 0 Å². The molecule has 3 N–H and O–H groups in total. The van der Waals surface area contributed by atoms with Gasteiger partial charge in [-0.2, -0.15) is 0 Å². The maximum atomic E-state index is 10.7. The van der Waals surface area contributed by atoms with Gasteiger partial charge in [-0.1, -0.05) is 0 Å². The van der Waals surface area contributed by atoms with Gasteiger partial charge in [0.15, 0.2) is 5.96 Å². The summed E-state index contributed by atoms with van der Waals surface area (Å²) in [4.78, 5) is 9.36. The Morgan fingerprint density at radius 2 is 2.04 bits per heavy atom. The number of halogens is 1. The van der Waals surface area contributed by atoms with Gasteiger partial charge in [0.1, 0.15) is 0 Å². The molecular formula is C19H40IN5O3. The third kappa shape index (κ3) is 9.53. The molecule has 0 radical (unpaired) electrons. The molecule has 8 nitrogen and oxygen atoms in total. The van der Waals surface area contributed by atoms with Crippen LogP contribution >= 0.6 is 24.0 Å². The summed E-state index contributed by atoms with van der Waals surface area (Å²) < 4.78 is 10.6. The van der Waals surface area contributed by atoms with Gasteiger partial charge in [0, 0.05) is 52.4 Å². The molecule has 2 atom stereocenters. The number of aliphatic hydroxyl groups is 1. The Labute approximate surface area is 187 Å². The Kier molecular flexibility index (Phi) is 12.8. The number of ether oxygens (including phenoxy) is 2. The van der Waals surface area contributed by atoms with Crippen molar-refractivity contribution >= 4 is 29.9 Å². The molecule has 166 valence electrons. The lowest BCUT2D eigenvalue weighted by Gasteiger charge is -2.33. The molecule has 0 aliphatic carbocycles. The number of methoxy groups -OCH3 is 1. The molecule has 2 aliphatic heterocycles. The molecule has 0 aromatic rings. The minimum absolute atomic E-state index is 0. The van der Waals surface area contributed by atoms with Gasteiger partial charge in [-0.25, -0.2) is 0 Å². The minimum atomic E-state index is -0.850. The molecule has 0 spiro atoms. The van der Waals surface area contributed by atoms with Gasteiger partial charge in [0.2, 0.25) is 0 Å². The highest BCUT2D eigenvalue weighted by Gasteiger charge is 2.26. The van der Waals surface area contributed by atoms with Crippen LogP contribution < -0.4 is 10.6 Å². The molecule has 9 heteroatoms. The maximum absolute atomic E-state index is 10.7. The number of morpholine rings is 1. The lowest BCUT2D eigenvalue weighted by Crippen LogP contribution is -2.49. The fourth-order valence-corrected chi connectivity index (χ4v) is 3.73. The Morgan fingerprint density at radius 1 is 1.29 bits per heavy atom. The molecule has 0 bridgehead atoms. The standard InChI is InChI=1S/C19H39N5O3.HI/c1-4-20-18(21-14-17-6-5-7-24(17)10-11-26-3)22-15-19(2,25)16-23-8-12-27-13-9-23;/h17,25H,4-16H2,1-3H3,(H2,20,21,22);1H. The largest absolute Gasteiger partial charge is 0.387 e. The number of nitrogens with zero attached hydrogens (tertiary/aromatic N) is 3. The predicted octanol–water partition coefficient (Wildman–Crippen LogP) is 0.354. The second-order valence-corrected chi connectivity index (χ2v) is 7.79. The van der Waals surface area contributed by atoms with Gasteiger partial charge < -0.3 is 25.2 Å². The number of aliphatic imine (C=N–C) groups is 1. The van der Waals surface area contributed by atoms with Crippen LogP contribution in [0.25, 0.3) is 0 Å². The molecule has 2 unspecified atom stereocenters. The topological polar surface area (TPSA) is 81.6 Å². The van der Waals surface area contributed by atoms with E-state index in [2.05, 4.69) is 32.3 Å². The maximum Gasteiger partial charge on any atom is 0.191 e. The average molecular weight is 513 g/mol. The zero-order valence-electron chi connectivity index (χ0n) is 17.8. The quantitative estimate of drug-likeness (QED) is 0.221. The molecule has 2 saturated heterocycles. The average Bonchev–Trinajstić information content (AvgIpc) is 3.10. The van der Waals surface area contributed by atoms with E-state index in [1.165, 1.54) is 12.8 Å². The highest BCUT2D eigenvalue weighted by molar-refractivity contribution is 14.0. The number of rotatable bonds is 10. The second-order valence-electron chi connectivity index (χ2n) is 7.79. The van der Waals surface area contributed by atoms with Crippen LogP contribution in [-0.2, 0) is 9.47 Å². The number of likely N-dealkylation sites (tertiary alicyclic amines) is 1. The van der Waals surface area contributed by atoms with E-state index in [-0.39, 0.29) is 24.0 Å². The lowest BCUT2D eigenvalue weighted by atomic mass is 10.1. The summed E-state index contributed by atoms with van der Waals surface area (Å²) in [5.41, 5.74) is -0.850. The van der Waals surface area contributed by atoms with Gasteiger partial charge in [-0.05, 0) is 33.2 Å². The summed E-state index contributed by atoms with van der Waals surface area (Å²) in [6, 6.07) is 0.512. The van der Waals surface area contributed by atoms with E-state index in [1.54, 1.807) is 7.11 Å². The molecule has 0 aromatic carbocycles. The molecule has 2 rings (SSSR count). The number of hydrogen-bond acceptors (Lipinski definition) is 6. The first-order chi connectivity index (χ1) is 13.0. The zero-order valence-corrected chi connectivity index (χ0v) is 20.1. The van der Waals surface area contributed by atoms with Crippen LogP contribution in [0.5, 0.6) is 0 Å². The van der Waals surface area contributed by atoms with Crippen molar-refractivity contribution < 1.29 is 14.6 Å². The molecular weight excluding hydrogens is 473 g/mol. The van der Waals surface area contributed by atoms with Crippen molar-refractivity contribution in [3.63, 3.8) is 0 Å². The number of nitrogens with one attached hydrogen (secondary N) is 2. The van der Waals surface area contributed by atoms with E-state index in [0.29, 0.717) is 19.1 Å².